The van der Waals surface area contributed by atoms with E-state index in [0.717, 1.165) is 5.56 Å². The van der Waals surface area contributed by atoms with Crippen molar-refractivity contribution in [2.45, 2.75) is 13.8 Å². The summed E-state index contributed by atoms with van der Waals surface area (Å²) in [6.07, 6.45) is 1.35. The number of carbonyl (C=O) groups is 1. The highest BCUT2D eigenvalue weighted by molar-refractivity contribution is 5.93. The van der Waals surface area contributed by atoms with Gasteiger partial charge in [0.1, 0.15) is 17.1 Å². The van der Waals surface area contributed by atoms with Crippen molar-refractivity contribution in [2.24, 2.45) is 0 Å². The Hall–Kier alpha value is -2.63. The van der Waals surface area contributed by atoms with Crippen LogP contribution in [-0.2, 0) is 0 Å². The van der Waals surface area contributed by atoms with E-state index in [9.17, 15) is 9.90 Å². The lowest BCUT2D eigenvalue weighted by atomic mass is 10.1. The van der Waals surface area contributed by atoms with Gasteiger partial charge in [-0.2, -0.15) is 0 Å². The zero-order valence-electron chi connectivity index (χ0n) is 12.9. The molecule has 0 bridgehead atoms. The van der Waals surface area contributed by atoms with E-state index < -0.39 is 5.97 Å². The van der Waals surface area contributed by atoms with E-state index >= 15 is 0 Å². The zero-order valence-corrected chi connectivity index (χ0v) is 12.9. The van der Waals surface area contributed by atoms with Crippen molar-refractivity contribution in [2.75, 3.05) is 25.1 Å². The normalized spacial score (nSPS) is 10.3. The summed E-state index contributed by atoms with van der Waals surface area (Å²) in [6, 6.07) is 7.39. The number of carboxylic acids is 1. The monoisotopic (exact) mass is 301 g/mol. The lowest BCUT2D eigenvalue weighted by Gasteiger charge is -2.22. The minimum atomic E-state index is -1.03. The molecule has 0 radical (unpaired) electrons. The lowest BCUT2D eigenvalue weighted by Crippen LogP contribution is -2.26. The van der Waals surface area contributed by atoms with Crippen LogP contribution in [0.2, 0.25) is 0 Å². The first-order valence-corrected chi connectivity index (χ1v) is 7.11. The molecule has 0 amide bonds. The number of hydrogen-bond acceptors (Lipinski definition) is 5. The molecule has 0 aliphatic rings. The van der Waals surface area contributed by atoms with Gasteiger partial charge in [0, 0.05) is 19.3 Å². The topological polar surface area (TPSA) is 75.5 Å². The smallest absolute Gasteiger partial charge is 0.341 e. The highest BCUT2D eigenvalue weighted by Gasteiger charge is 2.19. The van der Waals surface area contributed by atoms with E-state index in [2.05, 4.69) is 9.97 Å². The number of anilines is 1. The summed E-state index contributed by atoms with van der Waals surface area (Å²) in [5, 5.41) is 9.34. The van der Waals surface area contributed by atoms with Gasteiger partial charge >= 0.3 is 5.97 Å². The van der Waals surface area contributed by atoms with Crippen LogP contribution in [-0.4, -0.2) is 41.2 Å². The molecule has 0 saturated carbocycles. The SMILES string of the molecule is CCN(CC)c1nc(-c2ccccc2OC)ncc1C(=O)O. The number of benzene rings is 1. The second-order valence-electron chi connectivity index (χ2n) is 4.61. The second-order valence-corrected chi connectivity index (χ2v) is 4.61. The summed E-state index contributed by atoms with van der Waals surface area (Å²) in [6.45, 7) is 5.25. The van der Waals surface area contributed by atoms with Gasteiger partial charge in [-0.25, -0.2) is 14.8 Å². The third kappa shape index (κ3) is 3.00. The number of para-hydroxylation sites is 1. The molecule has 6 nitrogen and oxygen atoms in total. The first-order valence-electron chi connectivity index (χ1n) is 7.11. The average Bonchev–Trinajstić information content (AvgIpc) is 2.55. The summed E-state index contributed by atoms with van der Waals surface area (Å²) < 4.78 is 5.32. The van der Waals surface area contributed by atoms with Crippen molar-refractivity contribution in [1.82, 2.24) is 9.97 Å². The van der Waals surface area contributed by atoms with Gasteiger partial charge in [0.15, 0.2) is 5.82 Å². The Labute approximate surface area is 129 Å². The molecular formula is C16H19N3O3. The molecule has 2 rings (SSSR count). The van der Waals surface area contributed by atoms with Crippen LogP contribution in [0.1, 0.15) is 24.2 Å². The molecule has 0 spiro atoms. The van der Waals surface area contributed by atoms with Crippen LogP contribution in [0.4, 0.5) is 5.82 Å². The molecule has 0 atom stereocenters. The van der Waals surface area contributed by atoms with Crippen molar-refractivity contribution in [1.29, 1.82) is 0 Å². The Bertz CT molecular complexity index is 669. The van der Waals surface area contributed by atoms with E-state index in [0.29, 0.717) is 30.5 Å². The molecule has 1 heterocycles. The van der Waals surface area contributed by atoms with Crippen LogP contribution in [0, 0.1) is 0 Å². The highest BCUT2D eigenvalue weighted by atomic mass is 16.5. The van der Waals surface area contributed by atoms with Crippen molar-refractivity contribution in [3.63, 3.8) is 0 Å². The van der Waals surface area contributed by atoms with Crippen molar-refractivity contribution < 1.29 is 14.6 Å². The van der Waals surface area contributed by atoms with E-state index in [-0.39, 0.29) is 5.56 Å². The fourth-order valence-electron chi connectivity index (χ4n) is 2.25. The van der Waals surface area contributed by atoms with Crippen molar-refractivity contribution in [3.8, 4) is 17.1 Å². The van der Waals surface area contributed by atoms with Crippen molar-refractivity contribution >= 4 is 11.8 Å². The summed E-state index contributed by atoms with van der Waals surface area (Å²) in [7, 11) is 1.58. The zero-order chi connectivity index (χ0) is 16.1. The highest BCUT2D eigenvalue weighted by Crippen LogP contribution is 2.29. The van der Waals surface area contributed by atoms with E-state index in [1.807, 2.05) is 43.0 Å². The minimum Gasteiger partial charge on any atom is -0.496 e. The number of aromatic nitrogens is 2. The first kappa shape index (κ1) is 15.8. The first-order chi connectivity index (χ1) is 10.6. The predicted octanol–water partition coefficient (Wildman–Crippen LogP) is 2.70. The number of rotatable bonds is 6. The maximum absolute atomic E-state index is 11.4. The average molecular weight is 301 g/mol. The van der Waals surface area contributed by atoms with Gasteiger partial charge in [-0.05, 0) is 26.0 Å². The summed E-state index contributed by atoms with van der Waals surface area (Å²) in [4.78, 5) is 22.0. The quantitative estimate of drug-likeness (QED) is 0.884. The lowest BCUT2D eigenvalue weighted by molar-refractivity contribution is 0.0696. The Morgan fingerprint density at radius 3 is 2.55 bits per heavy atom. The molecule has 0 unspecified atom stereocenters. The molecule has 6 heteroatoms. The fraction of sp³-hybridized carbons (Fsp3) is 0.312. The van der Waals surface area contributed by atoms with E-state index in [1.165, 1.54) is 6.20 Å². The van der Waals surface area contributed by atoms with Crippen LogP contribution in [0.25, 0.3) is 11.4 Å². The molecule has 22 heavy (non-hydrogen) atoms. The molecule has 0 fully saturated rings. The largest absolute Gasteiger partial charge is 0.496 e. The summed E-state index contributed by atoms with van der Waals surface area (Å²) in [5.41, 5.74) is 0.831. The Balaban J connectivity index is 2.60. The minimum absolute atomic E-state index is 0.0994. The van der Waals surface area contributed by atoms with Gasteiger partial charge in [-0.1, -0.05) is 12.1 Å². The molecule has 116 valence electrons. The van der Waals surface area contributed by atoms with E-state index in [1.54, 1.807) is 7.11 Å². The van der Waals surface area contributed by atoms with Crippen molar-refractivity contribution in [3.05, 3.63) is 36.0 Å². The van der Waals surface area contributed by atoms with Gasteiger partial charge in [-0.3, -0.25) is 0 Å². The number of ether oxygens (including phenoxy) is 1. The molecule has 0 aliphatic carbocycles. The molecule has 2 aromatic rings. The summed E-state index contributed by atoms with van der Waals surface area (Å²) in [5.74, 6) is 0.488. The van der Waals surface area contributed by atoms with Gasteiger partial charge in [0.05, 0.1) is 12.7 Å². The van der Waals surface area contributed by atoms with Crippen LogP contribution >= 0.6 is 0 Å². The Morgan fingerprint density at radius 1 is 1.27 bits per heavy atom. The van der Waals surface area contributed by atoms with Gasteiger partial charge in [0.25, 0.3) is 0 Å². The number of methoxy groups -OCH3 is 1. The standard InChI is InChI=1S/C16H19N3O3/c1-4-19(5-2)15-12(16(20)21)10-17-14(18-15)11-8-6-7-9-13(11)22-3/h6-10H,4-5H2,1-3H3,(H,20,21). The maximum atomic E-state index is 11.4. The van der Waals surface area contributed by atoms with Crippen LogP contribution in [0.5, 0.6) is 5.75 Å². The number of aromatic carboxylic acids is 1. The van der Waals surface area contributed by atoms with Crippen LogP contribution in [0.15, 0.2) is 30.5 Å². The number of carboxylic acid groups (broad SMARTS) is 1. The molecule has 1 N–H and O–H groups in total. The molecule has 1 aromatic heterocycles. The predicted molar refractivity (Wildman–Crippen MR) is 84.5 cm³/mol. The molecule has 0 aliphatic heterocycles. The van der Waals surface area contributed by atoms with Gasteiger partial charge in [0.2, 0.25) is 0 Å². The summed E-state index contributed by atoms with van der Waals surface area (Å²) >= 11 is 0. The third-order valence-electron chi connectivity index (χ3n) is 3.41. The Morgan fingerprint density at radius 2 is 1.95 bits per heavy atom. The number of nitrogens with zero attached hydrogens (tertiary/aromatic N) is 3. The van der Waals surface area contributed by atoms with Gasteiger partial charge < -0.3 is 14.7 Å². The third-order valence-corrected chi connectivity index (χ3v) is 3.41. The molecule has 1 aromatic carbocycles. The van der Waals surface area contributed by atoms with Crippen LogP contribution < -0.4 is 9.64 Å². The van der Waals surface area contributed by atoms with Crippen LogP contribution in [0.3, 0.4) is 0 Å². The maximum Gasteiger partial charge on any atom is 0.341 e. The molecular weight excluding hydrogens is 282 g/mol. The second kappa shape index (κ2) is 6.89. The van der Waals surface area contributed by atoms with Gasteiger partial charge in [-0.15, -0.1) is 0 Å². The Kier molecular flexibility index (Phi) is 4.93. The fourth-order valence-corrected chi connectivity index (χ4v) is 2.25. The molecule has 0 saturated heterocycles. The van der Waals surface area contributed by atoms with E-state index in [4.69, 9.17) is 4.74 Å². The number of hydrogen-bond donors (Lipinski definition) is 1.